The fraction of sp³-hybridized carbons (Fsp3) is 0.308. The molecule has 0 aliphatic rings. The van der Waals surface area contributed by atoms with E-state index in [1.807, 2.05) is 0 Å². The van der Waals surface area contributed by atoms with Crippen LogP contribution in [0.5, 0.6) is 0 Å². The molecule has 0 radical (unpaired) electrons. The van der Waals surface area contributed by atoms with E-state index in [0.717, 1.165) is 0 Å². The van der Waals surface area contributed by atoms with Gasteiger partial charge in [-0.25, -0.2) is 0 Å². The molecule has 0 bridgehead atoms. The SMILES string of the molecule is Cc1ccc(C)c(C)c1.Cc1cccc(C)c1.Cc1cccc(C)c1C. The topological polar surface area (TPSA) is 0 Å². The van der Waals surface area contributed by atoms with Crippen molar-refractivity contribution in [3.63, 3.8) is 0 Å². The molecule has 0 unspecified atom stereocenters. The predicted molar refractivity (Wildman–Crippen MR) is 117 cm³/mol. The first-order valence-corrected chi connectivity index (χ1v) is 9.30. The Hall–Kier alpha value is -2.34. The van der Waals surface area contributed by atoms with Crippen molar-refractivity contribution in [2.45, 2.75) is 55.4 Å². The number of hydrogen-bond acceptors (Lipinski definition) is 0. The maximum absolute atomic E-state index is 2.20. The van der Waals surface area contributed by atoms with Crippen molar-refractivity contribution in [3.8, 4) is 0 Å². The van der Waals surface area contributed by atoms with Crippen molar-refractivity contribution in [1.29, 1.82) is 0 Å². The minimum Gasteiger partial charge on any atom is -0.0617 e. The highest BCUT2D eigenvalue weighted by atomic mass is 14.0. The summed E-state index contributed by atoms with van der Waals surface area (Å²) in [5.41, 5.74) is 11.0. The lowest BCUT2D eigenvalue weighted by Gasteiger charge is -2.00. The summed E-state index contributed by atoms with van der Waals surface area (Å²) >= 11 is 0. The number of aryl methyl sites for hydroxylation is 7. The van der Waals surface area contributed by atoms with Crippen LogP contribution in [-0.4, -0.2) is 0 Å². The molecule has 0 heteroatoms. The normalized spacial score (nSPS) is 9.54. The molecule has 0 amide bonds. The summed E-state index contributed by atoms with van der Waals surface area (Å²) in [6.07, 6.45) is 0. The van der Waals surface area contributed by atoms with Crippen LogP contribution in [0.1, 0.15) is 44.5 Å². The largest absolute Gasteiger partial charge is 0.0617 e. The van der Waals surface area contributed by atoms with Crippen molar-refractivity contribution >= 4 is 0 Å². The van der Waals surface area contributed by atoms with Crippen LogP contribution in [0.3, 0.4) is 0 Å². The third kappa shape index (κ3) is 7.70. The van der Waals surface area contributed by atoms with Gasteiger partial charge in [-0.2, -0.15) is 0 Å². The zero-order valence-corrected chi connectivity index (χ0v) is 17.8. The molecular formula is C26H34. The van der Waals surface area contributed by atoms with Crippen molar-refractivity contribution < 1.29 is 0 Å². The van der Waals surface area contributed by atoms with E-state index in [-0.39, 0.29) is 0 Å². The third-order valence-electron chi connectivity index (χ3n) is 4.71. The van der Waals surface area contributed by atoms with E-state index in [1.165, 1.54) is 44.5 Å². The van der Waals surface area contributed by atoms with Crippen LogP contribution in [-0.2, 0) is 0 Å². The van der Waals surface area contributed by atoms with Crippen LogP contribution in [0.4, 0.5) is 0 Å². The van der Waals surface area contributed by atoms with Gasteiger partial charge in [0, 0.05) is 0 Å². The summed E-state index contributed by atoms with van der Waals surface area (Å²) in [4.78, 5) is 0. The van der Waals surface area contributed by atoms with Crippen LogP contribution in [0.2, 0.25) is 0 Å². The van der Waals surface area contributed by atoms with Crippen molar-refractivity contribution in [2.24, 2.45) is 0 Å². The Bertz CT molecular complexity index is 788. The molecule has 0 N–H and O–H groups in total. The van der Waals surface area contributed by atoms with Gasteiger partial charge in [0.2, 0.25) is 0 Å². The average Bonchev–Trinajstić information content (AvgIpc) is 2.57. The van der Waals surface area contributed by atoms with Crippen LogP contribution in [0.15, 0.2) is 60.7 Å². The molecule has 0 aliphatic carbocycles. The number of rotatable bonds is 0. The van der Waals surface area contributed by atoms with E-state index in [4.69, 9.17) is 0 Å². The maximum Gasteiger partial charge on any atom is -0.0392 e. The van der Waals surface area contributed by atoms with E-state index < -0.39 is 0 Å². The summed E-state index contributed by atoms with van der Waals surface area (Å²) in [6, 6.07) is 21.3. The fourth-order valence-electron chi connectivity index (χ4n) is 2.60. The molecule has 3 aromatic carbocycles. The first-order chi connectivity index (χ1) is 12.2. The molecule has 0 saturated heterocycles. The quantitative estimate of drug-likeness (QED) is 0.394. The van der Waals surface area contributed by atoms with Gasteiger partial charge in [0.15, 0.2) is 0 Å². The molecular weight excluding hydrogens is 312 g/mol. The van der Waals surface area contributed by atoms with Gasteiger partial charge in [0.05, 0.1) is 0 Å². The lowest BCUT2D eigenvalue weighted by atomic mass is 10.1. The van der Waals surface area contributed by atoms with Crippen molar-refractivity contribution in [3.05, 3.63) is 105 Å². The highest BCUT2D eigenvalue weighted by molar-refractivity contribution is 5.31. The van der Waals surface area contributed by atoms with E-state index in [1.54, 1.807) is 0 Å². The molecule has 138 valence electrons. The van der Waals surface area contributed by atoms with Crippen LogP contribution < -0.4 is 0 Å². The molecule has 0 saturated carbocycles. The Kier molecular flexibility index (Phi) is 8.85. The fourth-order valence-corrected chi connectivity index (χ4v) is 2.60. The lowest BCUT2D eigenvalue weighted by molar-refractivity contribution is 1.27. The molecule has 0 nitrogen and oxygen atoms in total. The molecule has 0 fully saturated rings. The van der Waals surface area contributed by atoms with E-state index in [0.29, 0.717) is 0 Å². The van der Waals surface area contributed by atoms with Gasteiger partial charge in [-0.05, 0) is 83.2 Å². The summed E-state index contributed by atoms with van der Waals surface area (Å²) in [5, 5.41) is 0. The standard InChI is InChI=1S/2C9H12.C8H10/c1-7-4-5-8(2)9(3)6-7;1-7-5-4-6-8(2)9(7)3;1-7-4-3-5-8(2)6-7/h2*4-6H,1-3H3;3-6H,1-2H3. The smallest absolute Gasteiger partial charge is 0.0392 e. The summed E-state index contributed by atoms with van der Waals surface area (Å²) in [6.45, 7) is 17.0. The number of hydrogen-bond donors (Lipinski definition) is 0. The minimum atomic E-state index is 1.34. The first-order valence-electron chi connectivity index (χ1n) is 9.30. The van der Waals surface area contributed by atoms with Crippen LogP contribution in [0.25, 0.3) is 0 Å². The maximum atomic E-state index is 2.20. The van der Waals surface area contributed by atoms with Gasteiger partial charge in [-0.1, -0.05) is 77.4 Å². The van der Waals surface area contributed by atoms with E-state index in [2.05, 4.69) is 116 Å². The van der Waals surface area contributed by atoms with Crippen LogP contribution in [0, 0.1) is 55.4 Å². The summed E-state index contributed by atoms with van der Waals surface area (Å²) in [7, 11) is 0. The Morgan fingerprint density at radius 1 is 0.385 bits per heavy atom. The van der Waals surface area contributed by atoms with E-state index >= 15 is 0 Å². The van der Waals surface area contributed by atoms with Crippen molar-refractivity contribution in [1.82, 2.24) is 0 Å². The molecule has 0 atom stereocenters. The lowest BCUT2D eigenvalue weighted by Crippen LogP contribution is -1.82. The highest BCUT2D eigenvalue weighted by Gasteiger charge is 1.92. The van der Waals surface area contributed by atoms with Crippen molar-refractivity contribution in [2.75, 3.05) is 0 Å². The van der Waals surface area contributed by atoms with Gasteiger partial charge in [0.25, 0.3) is 0 Å². The predicted octanol–water partition coefficient (Wildman–Crippen LogP) is 7.53. The Morgan fingerprint density at radius 2 is 0.846 bits per heavy atom. The third-order valence-corrected chi connectivity index (χ3v) is 4.71. The molecule has 3 rings (SSSR count). The molecule has 0 heterocycles. The first kappa shape index (κ1) is 21.7. The zero-order valence-electron chi connectivity index (χ0n) is 17.8. The van der Waals surface area contributed by atoms with Crippen LogP contribution >= 0.6 is 0 Å². The Morgan fingerprint density at radius 3 is 1.19 bits per heavy atom. The second-order valence-electron chi connectivity index (χ2n) is 7.26. The summed E-state index contributed by atoms with van der Waals surface area (Å²) in [5.74, 6) is 0. The van der Waals surface area contributed by atoms with E-state index in [9.17, 15) is 0 Å². The second kappa shape index (κ2) is 10.6. The average molecular weight is 347 g/mol. The van der Waals surface area contributed by atoms with Gasteiger partial charge in [0.1, 0.15) is 0 Å². The van der Waals surface area contributed by atoms with Gasteiger partial charge < -0.3 is 0 Å². The summed E-state index contributed by atoms with van der Waals surface area (Å²) < 4.78 is 0. The molecule has 3 aromatic rings. The molecule has 0 spiro atoms. The monoisotopic (exact) mass is 346 g/mol. The van der Waals surface area contributed by atoms with Gasteiger partial charge in [-0.15, -0.1) is 0 Å². The zero-order chi connectivity index (χ0) is 19.7. The highest BCUT2D eigenvalue weighted by Crippen LogP contribution is 2.10. The Labute approximate surface area is 160 Å². The Balaban J connectivity index is 0.000000195. The minimum absolute atomic E-state index is 1.34. The molecule has 26 heavy (non-hydrogen) atoms. The van der Waals surface area contributed by atoms with Gasteiger partial charge in [-0.3, -0.25) is 0 Å². The second-order valence-corrected chi connectivity index (χ2v) is 7.26. The molecule has 0 aliphatic heterocycles. The number of benzene rings is 3. The van der Waals surface area contributed by atoms with Gasteiger partial charge >= 0.3 is 0 Å². The molecule has 0 aromatic heterocycles.